The molecular formula is C26H25NO4S. The van der Waals surface area contributed by atoms with E-state index in [9.17, 15) is 19.8 Å². The zero-order valence-corrected chi connectivity index (χ0v) is 18.5. The SMILES string of the molecule is O=C1SC2C(=O)N1C2c1ccc(-c2ccc(O)c(C34CC5CC(CC(C5)C3)C4)c2)c(O)c1. The Labute approximate surface area is 190 Å². The molecule has 32 heavy (non-hydrogen) atoms. The van der Waals surface area contributed by atoms with E-state index in [1.165, 1.54) is 43.4 Å². The molecule has 0 spiro atoms. The number of rotatable bonds is 3. The van der Waals surface area contributed by atoms with E-state index in [1.807, 2.05) is 18.2 Å². The molecule has 4 aliphatic carbocycles. The van der Waals surface area contributed by atoms with Gasteiger partial charge in [0.15, 0.2) is 0 Å². The summed E-state index contributed by atoms with van der Waals surface area (Å²) in [4.78, 5) is 25.1. The van der Waals surface area contributed by atoms with Crippen molar-refractivity contribution in [3.8, 4) is 22.6 Å². The minimum Gasteiger partial charge on any atom is -0.508 e. The van der Waals surface area contributed by atoms with E-state index >= 15 is 0 Å². The molecule has 3 saturated heterocycles. The van der Waals surface area contributed by atoms with Crippen molar-refractivity contribution in [3.63, 3.8) is 0 Å². The number of nitrogens with zero attached hydrogens (tertiary/aromatic N) is 1. The van der Waals surface area contributed by atoms with Crippen molar-refractivity contribution in [3.05, 3.63) is 47.5 Å². The fraction of sp³-hybridized carbons (Fsp3) is 0.462. The third kappa shape index (κ3) is 2.47. The van der Waals surface area contributed by atoms with Gasteiger partial charge in [-0.15, -0.1) is 0 Å². The standard InChI is InChI=1S/C26H25NO4S/c28-20-4-2-16(8-19(20)26-10-13-5-14(11-26)7-15(6-13)12-26)18-3-1-17(9-21(18)29)22-23-24(30)27(22)25(31)32-23/h1-4,8-9,13-15,22-23,28-29H,5-7,10-12H2. The number of amides is 2. The van der Waals surface area contributed by atoms with Gasteiger partial charge in [0, 0.05) is 11.1 Å². The van der Waals surface area contributed by atoms with Crippen molar-refractivity contribution in [2.45, 2.75) is 55.2 Å². The van der Waals surface area contributed by atoms with Gasteiger partial charge in [-0.1, -0.05) is 18.2 Å². The normalized spacial score (nSPS) is 36.6. The number of carbonyl (C=O) groups excluding carboxylic acids is 2. The van der Waals surface area contributed by atoms with Crippen LogP contribution >= 0.6 is 11.8 Å². The summed E-state index contributed by atoms with van der Waals surface area (Å²) in [5, 5.41) is 21.2. The Morgan fingerprint density at radius 3 is 2.12 bits per heavy atom. The molecule has 3 heterocycles. The molecule has 2 N–H and O–H groups in total. The van der Waals surface area contributed by atoms with Crippen LogP contribution in [0.3, 0.4) is 0 Å². The highest BCUT2D eigenvalue weighted by molar-refractivity contribution is 8.15. The van der Waals surface area contributed by atoms with Gasteiger partial charge in [0.05, 0.1) is 6.04 Å². The van der Waals surface area contributed by atoms with Crippen LogP contribution in [0.2, 0.25) is 0 Å². The lowest BCUT2D eigenvalue weighted by Gasteiger charge is -2.57. The quantitative estimate of drug-likeness (QED) is 0.620. The number of thioether (sulfide) groups is 1. The van der Waals surface area contributed by atoms with Gasteiger partial charge in [0.25, 0.3) is 5.24 Å². The van der Waals surface area contributed by atoms with Gasteiger partial charge in [-0.3, -0.25) is 14.5 Å². The monoisotopic (exact) mass is 447 g/mol. The number of β-lactam (4-membered cyclic amide) rings is 1. The van der Waals surface area contributed by atoms with E-state index < -0.39 is 0 Å². The Bertz CT molecular complexity index is 1150. The number of carbonyl (C=O) groups is 2. The minimum absolute atomic E-state index is 0.0702. The number of phenolic OH excluding ortho intramolecular Hbond substituents is 2. The summed E-state index contributed by atoms with van der Waals surface area (Å²) in [6.07, 6.45) is 7.55. The third-order valence-corrected chi connectivity index (χ3v) is 9.86. The Morgan fingerprint density at radius 1 is 0.875 bits per heavy atom. The first kappa shape index (κ1) is 19.0. The molecule has 9 rings (SSSR count). The van der Waals surface area contributed by atoms with Crippen molar-refractivity contribution in [1.82, 2.24) is 4.90 Å². The van der Waals surface area contributed by atoms with Crippen LogP contribution in [0.15, 0.2) is 36.4 Å². The molecule has 7 fully saturated rings. The number of benzene rings is 2. The van der Waals surface area contributed by atoms with Crippen LogP contribution < -0.4 is 0 Å². The number of fused-ring (bicyclic) bond motifs is 1. The largest absolute Gasteiger partial charge is 0.508 e. The van der Waals surface area contributed by atoms with Crippen molar-refractivity contribution in [2.24, 2.45) is 17.8 Å². The Morgan fingerprint density at radius 2 is 1.56 bits per heavy atom. The zero-order valence-electron chi connectivity index (χ0n) is 17.7. The van der Waals surface area contributed by atoms with E-state index in [1.54, 1.807) is 12.1 Å². The topological polar surface area (TPSA) is 77.8 Å². The number of phenols is 2. The van der Waals surface area contributed by atoms with Crippen LogP contribution in [0.1, 0.15) is 55.7 Å². The number of imide groups is 1. The lowest BCUT2D eigenvalue weighted by atomic mass is 9.48. The molecule has 7 aliphatic rings. The van der Waals surface area contributed by atoms with Gasteiger partial charge in [-0.05, 0) is 103 Å². The van der Waals surface area contributed by atoms with Crippen LogP contribution in [-0.2, 0) is 10.2 Å². The number of hydrogen-bond acceptors (Lipinski definition) is 5. The summed E-state index contributed by atoms with van der Waals surface area (Å²) in [7, 11) is 0. The minimum atomic E-state index is -0.357. The highest BCUT2D eigenvalue weighted by Gasteiger charge is 2.60. The Kier molecular flexibility index (Phi) is 3.76. The summed E-state index contributed by atoms with van der Waals surface area (Å²) in [6.45, 7) is 0. The molecule has 0 aromatic heterocycles. The molecule has 2 unspecified atom stereocenters. The van der Waals surface area contributed by atoms with Gasteiger partial charge < -0.3 is 10.2 Å². The average molecular weight is 448 g/mol. The smallest absolute Gasteiger partial charge is 0.289 e. The second-order valence-electron chi connectivity index (χ2n) is 10.7. The first-order valence-corrected chi connectivity index (χ1v) is 12.5. The van der Waals surface area contributed by atoms with E-state index in [0.29, 0.717) is 11.3 Å². The highest BCUT2D eigenvalue weighted by atomic mass is 32.2. The second kappa shape index (κ2) is 6.31. The van der Waals surface area contributed by atoms with Gasteiger partial charge in [0.2, 0.25) is 5.91 Å². The van der Waals surface area contributed by atoms with E-state index in [-0.39, 0.29) is 33.6 Å². The second-order valence-corrected chi connectivity index (χ2v) is 11.8. The molecule has 2 aromatic carbocycles. The van der Waals surface area contributed by atoms with E-state index in [4.69, 9.17) is 0 Å². The molecule has 6 heteroatoms. The van der Waals surface area contributed by atoms with Crippen LogP contribution in [0.4, 0.5) is 4.79 Å². The van der Waals surface area contributed by atoms with Gasteiger partial charge in [-0.25, -0.2) is 0 Å². The molecule has 6 bridgehead atoms. The van der Waals surface area contributed by atoms with Crippen molar-refractivity contribution in [1.29, 1.82) is 0 Å². The van der Waals surface area contributed by atoms with Crippen molar-refractivity contribution < 1.29 is 19.8 Å². The van der Waals surface area contributed by atoms with Gasteiger partial charge in [0.1, 0.15) is 16.7 Å². The predicted octanol–water partition coefficient (Wildman–Crippen LogP) is 5.35. The summed E-state index contributed by atoms with van der Waals surface area (Å²) >= 11 is 1.07. The predicted molar refractivity (Wildman–Crippen MR) is 121 cm³/mol. The van der Waals surface area contributed by atoms with E-state index in [0.717, 1.165) is 46.2 Å². The maximum absolute atomic E-state index is 11.9. The Balaban J connectivity index is 1.24. The van der Waals surface area contributed by atoms with Crippen molar-refractivity contribution >= 4 is 22.9 Å². The summed E-state index contributed by atoms with van der Waals surface area (Å²) in [5.41, 5.74) is 3.52. The molecule has 164 valence electrons. The number of aromatic hydroxyl groups is 2. The molecule has 2 aromatic rings. The molecule has 4 saturated carbocycles. The van der Waals surface area contributed by atoms with Crippen LogP contribution in [0.25, 0.3) is 11.1 Å². The maximum atomic E-state index is 11.9. The summed E-state index contributed by atoms with van der Waals surface area (Å²) < 4.78 is 0. The molecule has 3 aliphatic heterocycles. The first-order valence-electron chi connectivity index (χ1n) is 11.6. The first-order chi connectivity index (χ1) is 15.4. The van der Waals surface area contributed by atoms with Crippen molar-refractivity contribution in [2.75, 3.05) is 0 Å². The van der Waals surface area contributed by atoms with E-state index in [2.05, 4.69) is 6.07 Å². The lowest BCUT2D eigenvalue weighted by Crippen LogP contribution is -2.50. The molecular weight excluding hydrogens is 422 g/mol. The number of hydrogen-bond donors (Lipinski definition) is 2. The molecule has 0 radical (unpaired) electrons. The van der Waals surface area contributed by atoms with Gasteiger partial charge >= 0.3 is 0 Å². The third-order valence-electron chi connectivity index (χ3n) is 8.75. The average Bonchev–Trinajstić information content (AvgIpc) is 3.25. The molecule has 2 amide bonds. The van der Waals surface area contributed by atoms with Crippen LogP contribution in [0, 0.1) is 17.8 Å². The van der Waals surface area contributed by atoms with Crippen LogP contribution in [0.5, 0.6) is 11.5 Å². The molecule has 5 nitrogen and oxygen atoms in total. The van der Waals surface area contributed by atoms with Gasteiger partial charge in [-0.2, -0.15) is 0 Å². The summed E-state index contributed by atoms with van der Waals surface area (Å²) in [5.74, 6) is 2.74. The highest BCUT2D eigenvalue weighted by Crippen LogP contribution is 2.62. The lowest BCUT2D eigenvalue weighted by molar-refractivity contribution is -0.137. The fourth-order valence-corrected chi connectivity index (χ4v) is 8.97. The maximum Gasteiger partial charge on any atom is 0.289 e. The fourth-order valence-electron chi connectivity index (χ4n) is 7.82. The van der Waals surface area contributed by atoms with Crippen LogP contribution in [-0.4, -0.2) is 31.5 Å². The molecule has 2 atom stereocenters. The summed E-state index contributed by atoms with van der Waals surface area (Å²) in [6, 6.07) is 10.9. The Hall–Kier alpha value is -2.47. The zero-order chi connectivity index (χ0) is 21.8.